The molecule has 0 aromatic heterocycles. The van der Waals surface area contributed by atoms with E-state index in [4.69, 9.17) is 5.26 Å². The maximum Gasteiger partial charge on any atom is 0.179 e. The van der Waals surface area contributed by atoms with Gasteiger partial charge in [0.1, 0.15) is 0 Å². The summed E-state index contributed by atoms with van der Waals surface area (Å²) in [5.74, 6) is 0.898. The van der Waals surface area contributed by atoms with Crippen LogP contribution in [0.2, 0.25) is 0 Å². The number of piperidine rings is 1. The summed E-state index contributed by atoms with van der Waals surface area (Å²) in [5.41, 5.74) is 0. The number of hydrogen-bond acceptors (Lipinski definition) is 2. The van der Waals surface area contributed by atoms with Crippen LogP contribution >= 0.6 is 0 Å². The minimum atomic E-state index is 0.667. The Hall–Kier alpha value is -0.710. The summed E-state index contributed by atoms with van der Waals surface area (Å²) in [5, 5.41) is 8.44. The molecule has 42 valence electrons. The molecule has 1 aliphatic heterocycles. The first-order valence-corrected chi connectivity index (χ1v) is 3.08. The van der Waals surface area contributed by atoms with E-state index in [2.05, 4.69) is 6.19 Å². The van der Waals surface area contributed by atoms with Gasteiger partial charge in [0.05, 0.1) is 0 Å². The number of nitriles is 1. The molecule has 0 spiro atoms. The van der Waals surface area contributed by atoms with E-state index in [1.165, 1.54) is 12.8 Å². The molecule has 0 N–H and O–H groups in total. The van der Waals surface area contributed by atoms with Crippen LogP contribution in [-0.2, 0) is 0 Å². The first-order chi connectivity index (χ1) is 3.92. The molecule has 1 aliphatic carbocycles. The molecular formula is C6H8N2. The number of hydrogen-bond donors (Lipinski definition) is 0. The van der Waals surface area contributed by atoms with Gasteiger partial charge in [0.15, 0.2) is 6.19 Å². The van der Waals surface area contributed by atoms with Crippen molar-refractivity contribution >= 4 is 0 Å². The lowest BCUT2D eigenvalue weighted by Gasteiger charge is -2.05. The van der Waals surface area contributed by atoms with Crippen molar-refractivity contribution in [1.29, 1.82) is 5.26 Å². The Labute approximate surface area is 48.7 Å². The Morgan fingerprint density at radius 1 is 1.62 bits per heavy atom. The van der Waals surface area contributed by atoms with Gasteiger partial charge in [0, 0.05) is 12.6 Å². The smallest absolute Gasteiger partial charge is 0.179 e. The zero-order valence-electron chi connectivity index (χ0n) is 4.67. The van der Waals surface area contributed by atoms with Gasteiger partial charge in [-0.25, -0.2) is 0 Å². The fraction of sp³-hybridized carbons (Fsp3) is 0.833. The van der Waals surface area contributed by atoms with Gasteiger partial charge < -0.3 is 4.90 Å². The quantitative estimate of drug-likeness (QED) is 0.424. The molecule has 2 heteroatoms. The van der Waals surface area contributed by atoms with Gasteiger partial charge in [0.25, 0.3) is 0 Å². The van der Waals surface area contributed by atoms with Gasteiger partial charge in [-0.1, -0.05) is 0 Å². The third kappa shape index (κ3) is 0.367. The molecule has 1 heterocycles. The van der Waals surface area contributed by atoms with E-state index in [9.17, 15) is 0 Å². The SMILES string of the molecule is N#CN1CC[C@@H]2CC21. The minimum absolute atomic E-state index is 0.667. The van der Waals surface area contributed by atoms with E-state index in [1.54, 1.807) is 0 Å². The van der Waals surface area contributed by atoms with E-state index < -0.39 is 0 Å². The van der Waals surface area contributed by atoms with Crippen LogP contribution in [-0.4, -0.2) is 17.5 Å². The Morgan fingerprint density at radius 3 is 2.75 bits per heavy atom. The molecule has 2 aliphatic rings. The zero-order valence-corrected chi connectivity index (χ0v) is 4.67. The van der Waals surface area contributed by atoms with E-state index in [0.29, 0.717) is 6.04 Å². The Kier molecular flexibility index (Phi) is 0.611. The second-order valence-electron chi connectivity index (χ2n) is 2.65. The molecule has 2 nitrogen and oxygen atoms in total. The Bertz CT molecular complexity index is 147. The molecule has 1 saturated heterocycles. The van der Waals surface area contributed by atoms with E-state index in [1.807, 2.05) is 4.90 Å². The topological polar surface area (TPSA) is 27.0 Å². The van der Waals surface area contributed by atoms with Crippen molar-refractivity contribution in [1.82, 2.24) is 4.90 Å². The van der Waals surface area contributed by atoms with E-state index in [-0.39, 0.29) is 0 Å². The maximum absolute atomic E-state index is 8.44. The number of likely N-dealkylation sites (tertiary alicyclic amines) is 1. The predicted octanol–water partition coefficient (Wildman–Crippen LogP) is 0.562. The fourth-order valence-electron chi connectivity index (χ4n) is 1.52. The summed E-state index contributed by atoms with van der Waals surface area (Å²) in [6, 6.07) is 0.667. The molecule has 8 heavy (non-hydrogen) atoms. The molecule has 2 rings (SSSR count). The van der Waals surface area contributed by atoms with Crippen LogP contribution in [0.3, 0.4) is 0 Å². The first kappa shape index (κ1) is 4.20. The average molecular weight is 108 g/mol. The van der Waals surface area contributed by atoms with Crippen LogP contribution < -0.4 is 0 Å². The second-order valence-corrected chi connectivity index (χ2v) is 2.65. The van der Waals surface area contributed by atoms with Gasteiger partial charge in [-0.2, -0.15) is 5.26 Å². The predicted molar refractivity (Wildman–Crippen MR) is 28.8 cm³/mol. The normalized spacial score (nSPS) is 41.1. The van der Waals surface area contributed by atoms with Crippen molar-refractivity contribution in [3.05, 3.63) is 0 Å². The third-order valence-corrected chi connectivity index (χ3v) is 2.15. The molecule has 0 aromatic carbocycles. The monoisotopic (exact) mass is 108 g/mol. The fourth-order valence-corrected chi connectivity index (χ4v) is 1.52. The highest BCUT2D eigenvalue weighted by Crippen LogP contribution is 2.43. The Morgan fingerprint density at radius 2 is 2.50 bits per heavy atom. The van der Waals surface area contributed by atoms with Crippen LogP contribution in [0.25, 0.3) is 0 Å². The summed E-state index contributed by atoms with van der Waals surface area (Å²) in [7, 11) is 0. The van der Waals surface area contributed by atoms with Crippen molar-refractivity contribution < 1.29 is 0 Å². The number of fused-ring (bicyclic) bond motifs is 1. The van der Waals surface area contributed by atoms with Crippen LogP contribution in [0.4, 0.5) is 0 Å². The molecule has 2 fully saturated rings. The third-order valence-electron chi connectivity index (χ3n) is 2.15. The van der Waals surface area contributed by atoms with E-state index in [0.717, 1.165) is 12.5 Å². The lowest BCUT2D eigenvalue weighted by atomic mass is 10.3. The van der Waals surface area contributed by atoms with Crippen LogP contribution in [0.1, 0.15) is 12.8 Å². The molecule has 1 saturated carbocycles. The van der Waals surface area contributed by atoms with Crippen molar-refractivity contribution in [2.75, 3.05) is 6.54 Å². The van der Waals surface area contributed by atoms with Crippen molar-refractivity contribution in [2.45, 2.75) is 18.9 Å². The van der Waals surface area contributed by atoms with Crippen molar-refractivity contribution in [2.24, 2.45) is 5.92 Å². The summed E-state index contributed by atoms with van der Waals surface area (Å²) in [6.07, 6.45) is 4.74. The summed E-state index contributed by atoms with van der Waals surface area (Å²) in [4.78, 5) is 1.91. The van der Waals surface area contributed by atoms with Gasteiger partial charge in [-0.15, -0.1) is 0 Å². The minimum Gasteiger partial charge on any atom is -0.307 e. The largest absolute Gasteiger partial charge is 0.307 e. The van der Waals surface area contributed by atoms with Crippen LogP contribution in [0, 0.1) is 17.4 Å². The standard InChI is InChI=1S/C6H8N2/c7-4-8-2-1-5-3-6(5)8/h5-6H,1-3H2/t5-,6?/m1/s1. The van der Waals surface area contributed by atoms with Crippen LogP contribution in [0.5, 0.6) is 0 Å². The lowest BCUT2D eigenvalue weighted by Crippen LogP contribution is -2.15. The molecule has 0 aromatic rings. The maximum atomic E-state index is 8.44. The summed E-state index contributed by atoms with van der Waals surface area (Å²) in [6.45, 7) is 1.02. The highest BCUT2D eigenvalue weighted by atomic mass is 15.2. The van der Waals surface area contributed by atoms with Gasteiger partial charge in [-0.05, 0) is 18.8 Å². The molecule has 2 atom stereocenters. The van der Waals surface area contributed by atoms with Gasteiger partial charge in [0.2, 0.25) is 0 Å². The van der Waals surface area contributed by atoms with Gasteiger partial charge >= 0.3 is 0 Å². The van der Waals surface area contributed by atoms with Crippen molar-refractivity contribution in [3.8, 4) is 6.19 Å². The Balaban J connectivity index is 2.09. The average Bonchev–Trinajstić information content (AvgIpc) is 2.46. The van der Waals surface area contributed by atoms with E-state index >= 15 is 0 Å². The molecule has 0 amide bonds. The van der Waals surface area contributed by atoms with Crippen LogP contribution in [0.15, 0.2) is 0 Å². The zero-order chi connectivity index (χ0) is 5.56. The summed E-state index contributed by atoms with van der Waals surface area (Å²) < 4.78 is 0. The lowest BCUT2D eigenvalue weighted by molar-refractivity contribution is 0.432. The molecule has 0 radical (unpaired) electrons. The van der Waals surface area contributed by atoms with Crippen molar-refractivity contribution in [3.63, 3.8) is 0 Å². The highest BCUT2D eigenvalue weighted by Gasteiger charge is 2.46. The highest BCUT2D eigenvalue weighted by molar-refractivity contribution is 5.05. The number of nitrogens with zero attached hydrogens (tertiary/aromatic N) is 2. The second kappa shape index (κ2) is 1.17. The number of rotatable bonds is 0. The molecular weight excluding hydrogens is 100 g/mol. The first-order valence-electron chi connectivity index (χ1n) is 3.08. The molecule has 1 unspecified atom stereocenters. The summed E-state index contributed by atoms with van der Waals surface area (Å²) >= 11 is 0. The molecule has 0 bridgehead atoms. The van der Waals surface area contributed by atoms with Gasteiger partial charge in [-0.3, -0.25) is 0 Å².